The van der Waals surface area contributed by atoms with Crippen LogP contribution >= 0.6 is 23.1 Å². The summed E-state index contributed by atoms with van der Waals surface area (Å²) < 4.78 is 1.60. The zero-order chi connectivity index (χ0) is 18.1. The summed E-state index contributed by atoms with van der Waals surface area (Å²) in [6, 6.07) is 1.83. The van der Waals surface area contributed by atoms with E-state index in [-0.39, 0.29) is 16.2 Å². The number of hydrogen-bond donors (Lipinski definition) is 0. The summed E-state index contributed by atoms with van der Waals surface area (Å²) >= 11 is 2.95. The highest BCUT2D eigenvalue weighted by Gasteiger charge is 2.55. The van der Waals surface area contributed by atoms with Crippen LogP contribution in [0.5, 0.6) is 0 Å². The third kappa shape index (κ3) is 2.52. The molecule has 0 saturated heterocycles. The molecule has 138 valence electrons. The van der Waals surface area contributed by atoms with Crippen molar-refractivity contribution < 1.29 is 4.79 Å². The van der Waals surface area contributed by atoms with Crippen LogP contribution in [-0.2, 0) is 11.8 Å². The minimum atomic E-state index is -0.151. The van der Waals surface area contributed by atoms with Crippen LogP contribution in [0.15, 0.2) is 21.4 Å². The average molecular weight is 389 g/mol. The van der Waals surface area contributed by atoms with Gasteiger partial charge in [-0.1, -0.05) is 11.8 Å². The third-order valence-corrected chi connectivity index (χ3v) is 8.83. The maximum Gasteiger partial charge on any atom is 0.262 e. The molecule has 4 aliphatic rings. The molecule has 4 fully saturated rings. The zero-order valence-corrected chi connectivity index (χ0v) is 16.9. The Kier molecular flexibility index (Phi) is 3.87. The lowest BCUT2D eigenvalue weighted by atomic mass is 9.48. The van der Waals surface area contributed by atoms with Crippen molar-refractivity contribution in [2.45, 2.75) is 55.9 Å². The van der Waals surface area contributed by atoms with Crippen molar-refractivity contribution in [2.24, 2.45) is 30.2 Å². The summed E-state index contributed by atoms with van der Waals surface area (Å²) in [6.07, 6.45) is 7.33. The molecule has 26 heavy (non-hydrogen) atoms. The maximum atomic E-state index is 13.5. The quantitative estimate of drug-likeness (QED) is 0.580. The van der Waals surface area contributed by atoms with Gasteiger partial charge in [0.1, 0.15) is 4.83 Å². The van der Waals surface area contributed by atoms with Crippen molar-refractivity contribution in [1.29, 1.82) is 0 Å². The fourth-order valence-electron chi connectivity index (χ4n) is 6.14. The van der Waals surface area contributed by atoms with E-state index in [9.17, 15) is 9.59 Å². The van der Waals surface area contributed by atoms with Crippen LogP contribution in [0.1, 0.15) is 45.4 Å². The van der Waals surface area contributed by atoms with Crippen molar-refractivity contribution in [3.05, 3.63) is 21.8 Å². The van der Waals surface area contributed by atoms with Crippen LogP contribution in [0.4, 0.5) is 0 Å². The van der Waals surface area contributed by atoms with Crippen LogP contribution in [0.3, 0.4) is 0 Å². The Hall–Kier alpha value is -1.14. The number of rotatable bonds is 4. The first-order valence-electron chi connectivity index (χ1n) is 9.60. The Labute approximate surface area is 161 Å². The van der Waals surface area contributed by atoms with E-state index in [4.69, 9.17) is 0 Å². The molecule has 4 aliphatic carbocycles. The molecule has 4 saturated carbocycles. The highest BCUT2D eigenvalue weighted by molar-refractivity contribution is 8.00. The first-order chi connectivity index (χ1) is 12.4. The molecule has 1 unspecified atom stereocenters. The Bertz CT molecular complexity index is 910. The minimum Gasteiger partial charge on any atom is -0.298 e. The van der Waals surface area contributed by atoms with Gasteiger partial charge in [-0.15, -0.1) is 11.3 Å². The summed E-state index contributed by atoms with van der Waals surface area (Å²) in [5, 5.41) is 3.08. The molecule has 0 spiro atoms. The first kappa shape index (κ1) is 17.0. The molecule has 4 bridgehead atoms. The van der Waals surface area contributed by atoms with E-state index in [2.05, 4.69) is 4.98 Å². The lowest BCUT2D eigenvalue weighted by molar-refractivity contribution is -0.142. The van der Waals surface area contributed by atoms with E-state index in [1.54, 1.807) is 11.6 Å². The topological polar surface area (TPSA) is 52.0 Å². The van der Waals surface area contributed by atoms with Crippen LogP contribution < -0.4 is 5.56 Å². The van der Waals surface area contributed by atoms with Crippen LogP contribution in [-0.4, -0.2) is 20.6 Å². The van der Waals surface area contributed by atoms with Crippen molar-refractivity contribution in [1.82, 2.24) is 9.55 Å². The van der Waals surface area contributed by atoms with Gasteiger partial charge in [-0.2, -0.15) is 0 Å². The number of carbonyl (C=O) groups excluding carboxylic acids is 1. The molecule has 0 aliphatic heterocycles. The zero-order valence-electron chi connectivity index (χ0n) is 15.2. The number of fused-ring (bicyclic) bond motifs is 1. The van der Waals surface area contributed by atoms with Gasteiger partial charge in [0.25, 0.3) is 5.56 Å². The van der Waals surface area contributed by atoms with Gasteiger partial charge in [-0.3, -0.25) is 14.2 Å². The Morgan fingerprint density at radius 1 is 1.27 bits per heavy atom. The molecule has 6 heteroatoms. The summed E-state index contributed by atoms with van der Waals surface area (Å²) in [5.41, 5.74) is -0.110. The number of hydrogen-bond acceptors (Lipinski definition) is 5. The van der Waals surface area contributed by atoms with Gasteiger partial charge in [0.05, 0.1) is 10.6 Å². The molecule has 2 heterocycles. The van der Waals surface area contributed by atoms with Gasteiger partial charge in [0, 0.05) is 12.5 Å². The lowest BCUT2D eigenvalue weighted by Crippen LogP contribution is -2.51. The number of thioether (sulfide) groups is 1. The van der Waals surface area contributed by atoms with Gasteiger partial charge in [0.15, 0.2) is 10.9 Å². The van der Waals surface area contributed by atoms with E-state index in [1.807, 2.05) is 18.4 Å². The van der Waals surface area contributed by atoms with Crippen LogP contribution in [0.2, 0.25) is 0 Å². The second-order valence-corrected chi connectivity index (χ2v) is 10.9. The molecule has 1 atom stereocenters. The maximum absolute atomic E-state index is 13.5. The second kappa shape index (κ2) is 5.93. The SMILES string of the molecule is CC(Sc1nc2sccc2c(=O)n1C)C(=O)C12CC3CC(CC(C3)C1)C2. The van der Waals surface area contributed by atoms with E-state index >= 15 is 0 Å². The molecule has 0 amide bonds. The van der Waals surface area contributed by atoms with Gasteiger partial charge in [-0.25, -0.2) is 4.98 Å². The number of carbonyl (C=O) groups is 1. The number of nitrogens with zero attached hydrogens (tertiary/aromatic N) is 2. The normalized spacial score (nSPS) is 33.7. The van der Waals surface area contributed by atoms with Crippen molar-refractivity contribution in [3.8, 4) is 0 Å². The van der Waals surface area contributed by atoms with E-state index < -0.39 is 0 Å². The molecule has 0 N–H and O–H groups in total. The minimum absolute atomic E-state index is 0.0202. The molecule has 2 aromatic rings. The number of Topliss-reactive ketones (excluding diaryl/α,β-unsaturated/α-hetero) is 1. The summed E-state index contributed by atoms with van der Waals surface area (Å²) in [6.45, 7) is 2.01. The second-order valence-electron chi connectivity index (χ2n) is 8.72. The number of thiophene rings is 1. The molecular weight excluding hydrogens is 364 g/mol. The molecule has 0 radical (unpaired) electrons. The fourth-order valence-corrected chi connectivity index (χ4v) is 8.01. The summed E-state index contributed by atoms with van der Waals surface area (Å²) in [7, 11) is 1.76. The molecule has 0 aromatic carbocycles. The predicted molar refractivity (Wildman–Crippen MR) is 106 cm³/mol. The highest BCUT2D eigenvalue weighted by atomic mass is 32.2. The van der Waals surface area contributed by atoms with Gasteiger partial charge in [-0.05, 0) is 74.6 Å². The van der Waals surface area contributed by atoms with Crippen molar-refractivity contribution in [3.63, 3.8) is 0 Å². The molecule has 4 nitrogen and oxygen atoms in total. The lowest BCUT2D eigenvalue weighted by Gasteiger charge is -2.56. The Morgan fingerprint density at radius 2 is 1.88 bits per heavy atom. The number of ketones is 1. The highest BCUT2D eigenvalue weighted by Crippen LogP contribution is 2.61. The number of aromatic nitrogens is 2. The standard InChI is InChI=1S/C20H24N2O2S2/c1-11(26-19-21-17-15(3-4-25-17)18(24)22(19)2)16(23)20-8-12-5-13(9-20)7-14(6-12)10-20/h3-4,11-14H,5-10H2,1-2H3. The fraction of sp³-hybridized carbons (Fsp3) is 0.650. The first-order valence-corrected chi connectivity index (χ1v) is 11.4. The average Bonchev–Trinajstić information content (AvgIpc) is 3.06. The van der Waals surface area contributed by atoms with E-state index in [0.29, 0.717) is 16.3 Å². The monoisotopic (exact) mass is 388 g/mol. The Morgan fingerprint density at radius 3 is 2.50 bits per heavy atom. The predicted octanol–water partition coefficient (Wildman–Crippen LogP) is 4.26. The van der Waals surface area contributed by atoms with Crippen molar-refractivity contribution in [2.75, 3.05) is 0 Å². The van der Waals surface area contributed by atoms with Gasteiger partial charge < -0.3 is 0 Å². The van der Waals surface area contributed by atoms with E-state index in [1.165, 1.54) is 42.4 Å². The summed E-state index contributed by atoms with van der Waals surface area (Å²) in [4.78, 5) is 31.4. The van der Waals surface area contributed by atoms with Gasteiger partial charge in [0.2, 0.25) is 0 Å². The molecule has 2 aromatic heterocycles. The summed E-state index contributed by atoms with van der Waals surface area (Å²) in [5.74, 6) is 2.72. The van der Waals surface area contributed by atoms with Crippen LogP contribution in [0, 0.1) is 23.2 Å². The van der Waals surface area contributed by atoms with Crippen molar-refractivity contribution >= 4 is 39.1 Å². The van der Waals surface area contributed by atoms with Gasteiger partial charge >= 0.3 is 0 Å². The Balaban J connectivity index is 1.42. The van der Waals surface area contributed by atoms with Crippen LogP contribution in [0.25, 0.3) is 10.2 Å². The third-order valence-electron chi connectivity index (χ3n) is 6.88. The molecular formula is C20H24N2O2S2. The largest absolute Gasteiger partial charge is 0.298 e. The smallest absolute Gasteiger partial charge is 0.262 e. The van der Waals surface area contributed by atoms with E-state index in [0.717, 1.165) is 41.8 Å². The molecule has 6 rings (SSSR count).